The zero-order valence-corrected chi connectivity index (χ0v) is 8.71. The SMILES string of the molecule is COC(CBr)c1nccnc1C. The van der Waals surface area contributed by atoms with Crippen molar-refractivity contribution in [3.05, 3.63) is 23.8 Å². The van der Waals surface area contributed by atoms with Crippen LogP contribution in [-0.2, 0) is 4.74 Å². The van der Waals surface area contributed by atoms with Crippen LogP contribution in [0.5, 0.6) is 0 Å². The Hall–Kier alpha value is -0.480. The van der Waals surface area contributed by atoms with Gasteiger partial charge in [-0.15, -0.1) is 0 Å². The lowest BCUT2D eigenvalue weighted by Gasteiger charge is -2.12. The summed E-state index contributed by atoms with van der Waals surface area (Å²) < 4.78 is 5.22. The van der Waals surface area contributed by atoms with Crippen molar-refractivity contribution in [2.45, 2.75) is 13.0 Å². The van der Waals surface area contributed by atoms with Crippen molar-refractivity contribution in [2.24, 2.45) is 0 Å². The topological polar surface area (TPSA) is 35.0 Å². The zero-order chi connectivity index (χ0) is 8.97. The third kappa shape index (κ3) is 2.01. The lowest BCUT2D eigenvalue weighted by Crippen LogP contribution is -2.08. The standard InChI is InChI=1S/C8H11BrN2O/c1-6-8(7(5-9)12-2)11-4-3-10-6/h3-4,7H,5H2,1-2H3. The van der Waals surface area contributed by atoms with Gasteiger partial charge in [-0.05, 0) is 6.92 Å². The van der Waals surface area contributed by atoms with E-state index in [0.29, 0.717) is 0 Å². The minimum atomic E-state index is -0.00120. The molecule has 1 unspecified atom stereocenters. The molecule has 1 atom stereocenters. The molecule has 1 rings (SSSR count). The van der Waals surface area contributed by atoms with Crippen molar-refractivity contribution >= 4 is 15.9 Å². The van der Waals surface area contributed by atoms with Gasteiger partial charge in [-0.2, -0.15) is 0 Å². The molecular formula is C8H11BrN2O. The molecule has 0 radical (unpaired) electrons. The highest BCUT2D eigenvalue weighted by Gasteiger charge is 2.12. The molecule has 0 aliphatic carbocycles. The van der Waals surface area contributed by atoms with Crippen LogP contribution in [0, 0.1) is 6.92 Å². The summed E-state index contributed by atoms with van der Waals surface area (Å²) in [4.78, 5) is 8.34. The third-order valence-corrected chi connectivity index (χ3v) is 2.24. The van der Waals surface area contributed by atoms with Crippen LogP contribution < -0.4 is 0 Å². The first-order chi connectivity index (χ1) is 5.79. The predicted molar refractivity (Wildman–Crippen MR) is 50.3 cm³/mol. The molecule has 0 spiro atoms. The van der Waals surface area contributed by atoms with Crippen LogP contribution in [0.4, 0.5) is 0 Å². The van der Waals surface area contributed by atoms with E-state index in [4.69, 9.17) is 4.74 Å². The molecule has 0 bridgehead atoms. The van der Waals surface area contributed by atoms with Crippen LogP contribution in [-0.4, -0.2) is 22.4 Å². The Morgan fingerprint density at radius 2 is 2.17 bits per heavy atom. The van der Waals surface area contributed by atoms with Gasteiger partial charge in [0.25, 0.3) is 0 Å². The smallest absolute Gasteiger partial charge is 0.110 e. The first kappa shape index (κ1) is 9.61. The van der Waals surface area contributed by atoms with Crippen LogP contribution >= 0.6 is 15.9 Å². The van der Waals surface area contributed by atoms with Gasteiger partial charge in [-0.25, -0.2) is 0 Å². The van der Waals surface area contributed by atoms with E-state index in [9.17, 15) is 0 Å². The molecule has 0 N–H and O–H groups in total. The normalized spacial score (nSPS) is 12.9. The van der Waals surface area contributed by atoms with E-state index < -0.39 is 0 Å². The van der Waals surface area contributed by atoms with Crippen molar-refractivity contribution in [1.82, 2.24) is 9.97 Å². The maximum atomic E-state index is 5.22. The third-order valence-electron chi connectivity index (χ3n) is 1.65. The molecule has 66 valence electrons. The van der Waals surface area contributed by atoms with Crippen molar-refractivity contribution in [3.63, 3.8) is 0 Å². The van der Waals surface area contributed by atoms with E-state index in [1.165, 1.54) is 0 Å². The van der Waals surface area contributed by atoms with Gasteiger partial charge in [0.2, 0.25) is 0 Å². The summed E-state index contributed by atoms with van der Waals surface area (Å²) in [5.74, 6) is 0. The highest BCUT2D eigenvalue weighted by Crippen LogP contribution is 2.17. The maximum absolute atomic E-state index is 5.22. The van der Waals surface area contributed by atoms with Gasteiger partial charge in [0.1, 0.15) is 6.10 Å². The number of halogens is 1. The minimum absolute atomic E-state index is 0.00120. The Labute approximate surface area is 80.3 Å². The predicted octanol–water partition coefficient (Wildman–Crippen LogP) is 1.87. The van der Waals surface area contributed by atoms with Gasteiger partial charge in [0.15, 0.2) is 0 Å². The van der Waals surface area contributed by atoms with Crippen LogP contribution in [0.1, 0.15) is 17.5 Å². The molecule has 3 nitrogen and oxygen atoms in total. The first-order valence-electron chi connectivity index (χ1n) is 3.66. The Bertz CT molecular complexity index is 251. The van der Waals surface area contributed by atoms with Gasteiger partial charge < -0.3 is 4.74 Å². The Morgan fingerprint density at radius 1 is 1.50 bits per heavy atom. The number of hydrogen-bond acceptors (Lipinski definition) is 3. The van der Waals surface area contributed by atoms with Gasteiger partial charge in [0.05, 0.1) is 11.4 Å². The highest BCUT2D eigenvalue weighted by molar-refractivity contribution is 9.09. The average molecular weight is 231 g/mol. The summed E-state index contributed by atoms with van der Waals surface area (Å²) in [6.45, 7) is 1.93. The van der Waals surface area contributed by atoms with Crippen LogP contribution in [0.3, 0.4) is 0 Å². The quantitative estimate of drug-likeness (QED) is 0.745. The number of nitrogens with zero attached hydrogens (tertiary/aromatic N) is 2. The van der Waals surface area contributed by atoms with Gasteiger partial charge >= 0.3 is 0 Å². The maximum Gasteiger partial charge on any atom is 0.110 e. The Morgan fingerprint density at radius 3 is 2.67 bits per heavy atom. The molecule has 1 aromatic heterocycles. The highest BCUT2D eigenvalue weighted by atomic mass is 79.9. The van der Waals surface area contributed by atoms with E-state index in [-0.39, 0.29) is 6.10 Å². The minimum Gasteiger partial charge on any atom is -0.374 e. The van der Waals surface area contributed by atoms with Crippen molar-refractivity contribution in [3.8, 4) is 0 Å². The molecule has 1 heterocycles. The van der Waals surface area contributed by atoms with Gasteiger partial charge in [0, 0.05) is 24.8 Å². The van der Waals surface area contributed by atoms with Crippen molar-refractivity contribution in [2.75, 3.05) is 12.4 Å². The fourth-order valence-corrected chi connectivity index (χ4v) is 1.55. The van der Waals surface area contributed by atoms with E-state index >= 15 is 0 Å². The summed E-state index contributed by atoms with van der Waals surface area (Å²) in [6, 6.07) is 0. The molecule has 0 fully saturated rings. The molecule has 12 heavy (non-hydrogen) atoms. The Balaban J connectivity index is 2.92. The lowest BCUT2D eigenvalue weighted by atomic mass is 10.2. The van der Waals surface area contributed by atoms with E-state index in [2.05, 4.69) is 25.9 Å². The molecule has 4 heteroatoms. The number of alkyl halides is 1. The van der Waals surface area contributed by atoms with E-state index in [1.807, 2.05) is 6.92 Å². The van der Waals surface area contributed by atoms with E-state index in [1.54, 1.807) is 19.5 Å². The summed E-state index contributed by atoms with van der Waals surface area (Å²) in [5, 5.41) is 0.739. The number of ether oxygens (including phenoxy) is 1. The second-order valence-electron chi connectivity index (χ2n) is 2.41. The average Bonchev–Trinajstić information content (AvgIpc) is 2.10. The zero-order valence-electron chi connectivity index (χ0n) is 7.12. The number of methoxy groups -OCH3 is 1. The monoisotopic (exact) mass is 230 g/mol. The first-order valence-corrected chi connectivity index (χ1v) is 4.78. The number of aryl methyl sites for hydroxylation is 1. The van der Waals surface area contributed by atoms with E-state index in [0.717, 1.165) is 16.7 Å². The largest absolute Gasteiger partial charge is 0.374 e. The molecule has 0 aromatic carbocycles. The fourth-order valence-electron chi connectivity index (χ4n) is 0.982. The Kier molecular flexibility index (Phi) is 3.62. The number of aromatic nitrogens is 2. The summed E-state index contributed by atoms with van der Waals surface area (Å²) >= 11 is 3.35. The molecule has 0 saturated carbocycles. The van der Waals surface area contributed by atoms with Crippen LogP contribution in [0.25, 0.3) is 0 Å². The van der Waals surface area contributed by atoms with Gasteiger partial charge in [-0.3, -0.25) is 9.97 Å². The molecular weight excluding hydrogens is 220 g/mol. The van der Waals surface area contributed by atoms with Crippen molar-refractivity contribution < 1.29 is 4.74 Å². The second-order valence-corrected chi connectivity index (χ2v) is 3.05. The molecule has 0 saturated heterocycles. The number of hydrogen-bond donors (Lipinski definition) is 0. The molecule has 0 amide bonds. The number of rotatable bonds is 3. The molecule has 0 aliphatic rings. The van der Waals surface area contributed by atoms with Crippen LogP contribution in [0.15, 0.2) is 12.4 Å². The van der Waals surface area contributed by atoms with Crippen molar-refractivity contribution in [1.29, 1.82) is 0 Å². The summed E-state index contributed by atoms with van der Waals surface area (Å²) in [5.41, 5.74) is 1.82. The molecule has 1 aromatic rings. The second kappa shape index (κ2) is 4.52. The lowest BCUT2D eigenvalue weighted by molar-refractivity contribution is 0.120. The summed E-state index contributed by atoms with van der Waals surface area (Å²) in [7, 11) is 1.67. The van der Waals surface area contributed by atoms with Crippen LogP contribution in [0.2, 0.25) is 0 Å². The molecule has 0 aliphatic heterocycles. The summed E-state index contributed by atoms with van der Waals surface area (Å²) in [6.07, 6.45) is 3.36. The van der Waals surface area contributed by atoms with Gasteiger partial charge in [-0.1, -0.05) is 15.9 Å². The fraction of sp³-hybridized carbons (Fsp3) is 0.500.